The molecular weight excluding hydrogens is 484 g/mol. The van der Waals surface area contributed by atoms with Gasteiger partial charge < -0.3 is 14.8 Å². The summed E-state index contributed by atoms with van der Waals surface area (Å²) >= 11 is 11.2. The molecule has 0 saturated carbocycles. The van der Waals surface area contributed by atoms with Gasteiger partial charge in [0.25, 0.3) is 5.91 Å². The first-order valence-corrected chi connectivity index (χ1v) is 10.8. The van der Waals surface area contributed by atoms with Crippen LogP contribution >= 0.6 is 23.2 Å². The monoisotopic (exact) mass is 504 g/mol. The van der Waals surface area contributed by atoms with Gasteiger partial charge in [0.1, 0.15) is 35.9 Å². The minimum Gasteiger partial charge on any atom is -0.486 e. The third kappa shape index (κ3) is 7.52. The Morgan fingerprint density at radius 1 is 1.00 bits per heavy atom. The van der Waals surface area contributed by atoms with Crippen LogP contribution in [0.25, 0.3) is 0 Å². The van der Waals surface area contributed by atoms with E-state index in [1.807, 2.05) is 0 Å². The Balaban J connectivity index is 1.38. The van der Waals surface area contributed by atoms with Gasteiger partial charge >= 0.3 is 0 Å². The maximum atomic E-state index is 14.5. The first-order valence-electron chi connectivity index (χ1n) is 10.0. The molecule has 0 spiro atoms. The molecule has 1 fully saturated rings. The highest BCUT2D eigenvalue weighted by Crippen LogP contribution is 2.21. The molecule has 1 N–H and O–H groups in total. The van der Waals surface area contributed by atoms with Crippen LogP contribution in [0, 0.1) is 11.6 Å². The van der Waals surface area contributed by atoms with Gasteiger partial charge in [-0.2, -0.15) is 0 Å². The normalized spacial score (nSPS) is 18.6. The predicted molar refractivity (Wildman–Crippen MR) is 117 cm³/mol. The molecule has 1 saturated heterocycles. The third-order valence-corrected chi connectivity index (χ3v) is 5.54. The van der Waals surface area contributed by atoms with Gasteiger partial charge in [-0.25, -0.2) is 13.2 Å². The predicted octanol–water partition coefficient (Wildman–Crippen LogP) is 3.83. The summed E-state index contributed by atoms with van der Waals surface area (Å²) in [6, 6.07) is 6.88. The van der Waals surface area contributed by atoms with E-state index in [4.69, 9.17) is 32.7 Å². The van der Waals surface area contributed by atoms with Crippen molar-refractivity contribution < 1.29 is 32.2 Å². The number of halogens is 5. The molecule has 0 aromatic heterocycles. The van der Waals surface area contributed by atoms with Crippen LogP contribution in [-0.2, 0) is 9.59 Å². The van der Waals surface area contributed by atoms with E-state index in [1.165, 1.54) is 24.3 Å². The molecule has 0 bridgehead atoms. The summed E-state index contributed by atoms with van der Waals surface area (Å²) in [4.78, 5) is 25.8. The minimum absolute atomic E-state index is 0.0393. The van der Waals surface area contributed by atoms with Gasteiger partial charge in [-0.15, -0.1) is 0 Å². The summed E-state index contributed by atoms with van der Waals surface area (Å²) in [5.41, 5.74) is 0. The number of Topliss-reactive ketones (excluding diaryl/α,β-unsaturated/α-hetero) is 1. The van der Waals surface area contributed by atoms with Crippen LogP contribution in [0.15, 0.2) is 36.4 Å². The van der Waals surface area contributed by atoms with E-state index in [-0.39, 0.29) is 47.0 Å². The number of hydrogen-bond acceptors (Lipinski definition) is 5. The van der Waals surface area contributed by atoms with Gasteiger partial charge in [0.2, 0.25) is 0 Å². The number of ether oxygens (including phenoxy) is 2. The number of amides is 1. The van der Waals surface area contributed by atoms with E-state index < -0.39 is 36.4 Å². The quantitative estimate of drug-likeness (QED) is 0.562. The Labute approximate surface area is 198 Å². The van der Waals surface area contributed by atoms with E-state index in [1.54, 1.807) is 4.90 Å². The SMILES string of the molecule is O=C(COc1ccc(Cl)c(F)c1)CN1CCC(NC(=O)COc2ccc(Cl)c(F)c2)C(F)C1. The lowest BCUT2D eigenvalue weighted by molar-refractivity contribution is -0.126. The minimum atomic E-state index is -1.39. The fourth-order valence-electron chi connectivity index (χ4n) is 3.26. The number of likely N-dealkylation sites (tertiary alicyclic amines) is 1. The van der Waals surface area contributed by atoms with Crippen molar-refractivity contribution >= 4 is 34.9 Å². The first kappa shape index (κ1) is 25.1. The van der Waals surface area contributed by atoms with Crippen LogP contribution in [0.2, 0.25) is 10.0 Å². The molecule has 2 unspecified atom stereocenters. The fourth-order valence-corrected chi connectivity index (χ4v) is 3.50. The zero-order chi connectivity index (χ0) is 24.0. The highest BCUT2D eigenvalue weighted by molar-refractivity contribution is 6.31. The number of piperidine rings is 1. The van der Waals surface area contributed by atoms with Crippen LogP contribution in [0.1, 0.15) is 6.42 Å². The molecule has 1 heterocycles. The topological polar surface area (TPSA) is 67.9 Å². The fraction of sp³-hybridized carbons (Fsp3) is 0.364. The summed E-state index contributed by atoms with van der Waals surface area (Å²) < 4.78 is 51.8. The van der Waals surface area contributed by atoms with Gasteiger partial charge in [0.05, 0.1) is 22.6 Å². The number of carbonyl (C=O) groups excluding carboxylic acids is 2. The van der Waals surface area contributed by atoms with Crippen LogP contribution in [-0.4, -0.2) is 61.7 Å². The third-order valence-electron chi connectivity index (χ3n) is 4.92. The van der Waals surface area contributed by atoms with Crippen molar-refractivity contribution in [3.05, 3.63) is 58.1 Å². The zero-order valence-electron chi connectivity index (χ0n) is 17.3. The molecule has 178 valence electrons. The highest BCUT2D eigenvalue weighted by atomic mass is 35.5. The van der Waals surface area contributed by atoms with Crippen molar-refractivity contribution in [2.24, 2.45) is 0 Å². The number of carbonyl (C=O) groups is 2. The summed E-state index contributed by atoms with van der Waals surface area (Å²) in [5, 5.41) is 2.43. The Kier molecular flexibility index (Phi) is 8.82. The summed E-state index contributed by atoms with van der Waals surface area (Å²) in [6.45, 7) is -0.402. The lowest BCUT2D eigenvalue weighted by Crippen LogP contribution is -2.54. The van der Waals surface area contributed by atoms with Crippen molar-refractivity contribution in [1.82, 2.24) is 10.2 Å². The Bertz CT molecular complexity index is 1010. The van der Waals surface area contributed by atoms with Crippen LogP contribution in [0.5, 0.6) is 11.5 Å². The van der Waals surface area contributed by atoms with E-state index in [2.05, 4.69) is 5.32 Å². The second-order valence-corrected chi connectivity index (χ2v) is 8.30. The molecule has 6 nitrogen and oxygen atoms in total. The van der Waals surface area contributed by atoms with E-state index in [0.717, 1.165) is 12.1 Å². The molecule has 1 aliphatic heterocycles. The second kappa shape index (κ2) is 11.6. The largest absolute Gasteiger partial charge is 0.486 e. The van der Waals surface area contributed by atoms with Crippen molar-refractivity contribution in [2.45, 2.75) is 18.6 Å². The second-order valence-electron chi connectivity index (χ2n) is 7.48. The smallest absolute Gasteiger partial charge is 0.258 e. The maximum absolute atomic E-state index is 14.5. The van der Waals surface area contributed by atoms with E-state index in [9.17, 15) is 22.8 Å². The summed E-state index contributed by atoms with van der Waals surface area (Å²) in [7, 11) is 0. The van der Waals surface area contributed by atoms with Gasteiger partial charge in [0, 0.05) is 25.2 Å². The number of nitrogens with zero attached hydrogens (tertiary/aromatic N) is 1. The molecule has 33 heavy (non-hydrogen) atoms. The van der Waals surface area contributed by atoms with Crippen LogP contribution < -0.4 is 14.8 Å². The molecule has 2 aromatic carbocycles. The van der Waals surface area contributed by atoms with Crippen molar-refractivity contribution in [2.75, 3.05) is 32.8 Å². The van der Waals surface area contributed by atoms with Crippen molar-refractivity contribution in [3.8, 4) is 11.5 Å². The number of benzene rings is 2. The Hall–Kier alpha value is -2.49. The van der Waals surface area contributed by atoms with Crippen LogP contribution in [0.3, 0.4) is 0 Å². The van der Waals surface area contributed by atoms with E-state index in [0.29, 0.717) is 13.0 Å². The molecule has 0 radical (unpaired) electrons. The van der Waals surface area contributed by atoms with Gasteiger partial charge in [0.15, 0.2) is 12.4 Å². The maximum Gasteiger partial charge on any atom is 0.258 e. The lowest BCUT2D eigenvalue weighted by atomic mass is 10.0. The van der Waals surface area contributed by atoms with Crippen molar-refractivity contribution in [3.63, 3.8) is 0 Å². The number of ketones is 1. The molecule has 1 amide bonds. The molecule has 3 rings (SSSR count). The number of rotatable bonds is 9. The van der Waals surface area contributed by atoms with Crippen molar-refractivity contribution in [1.29, 1.82) is 0 Å². The average molecular weight is 505 g/mol. The number of hydrogen-bond donors (Lipinski definition) is 1. The van der Waals surface area contributed by atoms with Crippen LogP contribution in [0.4, 0.5) is 13.2 Å². The Morgan fingerprint density at radius 2 is 1.58 bits per heavy atom. The number of nitrogens with one attached hydrogen (secondary N) is 1. The van der Waals surface area contributed by atoms with Gasteiger partial charge in [-0.3, -0.25) is 14.5 Å². The van der Waals surface area contributed by atoms with Gasteiger partial charge in [-0.1, -0.05) is 23.2 Å². The standard InChI is InChI=1S/C22H21Cl2F3N2O4/c23-16-3-1-14(7-18(16)25)32-11-13(30)9-29-6-5-21(20(27)10-29)28-22(31)12-33-15-2-4-17(24)19(26)8-15/h1-4,7-8,20-21H,5-6,9-12H2,(H,28,31). The molecule has 2 atom stereocenters. The average Bonchev–Trinajstić information content (AvgIpc) is 2.77. The molecule has 0 aliphatic carbocycles. The lowest BCUT2D eigenvalue weighted by Gasteiger charge is -2.34. The molecule has 2 aromatic rings. The Morgan fingerprint density at radius 3 is 2.12 bits per heavy atom. The van der Waals surface area contributed by atoms with E-state index >= 15 is 0 Å². The summed E-state index contributed by atoms with van der Waals surface area (Å²) in [6.07, 6.45) is -1.10. The molecule has 11 heteroatoms. The highest BCUT2D eigenvalue weighted by Gasteiger charge is 2.31. The molecule has 1 aliphatic rings. The number of alkyl halides is 1. The summed E-state index contributed by atoms with van der Waals surface area (Å²) in [5.74, 6) is -1.89. The molecular formula is C22H21Cl2F3N2O4. The zero-order valence-corrected chi connectivity index (χ0v) is 18.8. The van der Waals surface area contributed by atoms with Gasteiger partial charge in [-0.05, 0) is 30.7 Å². The first-order chi connectivity index (χ1) is 15.7.